The van der Waals surface area contributed by atoms with Gasteiger partial charge in [-0.05, 0) is 59.7 Å². The maximum atomic E-state index is 13.5. The van der Waals surface area contributed by atoms with Crippen molar-refractivity contribution < 1.29 is 19.1 Å². The van der Waals surface area contributed by atoms with E-state index in [0.717, 1.165) is 28.3 Å². The van der Waals surface area contributed by atoms with Crippen molar-refractivity contribution in [2.45, 2.75) is 24.2 Å². The molecule has 0 fully saturated rings. The Morgan fingerprint density at radius 1 is 0.927 bits per heavy atom. The minimum Gasteiger partial charge on any atom is -0.497 e. The van der Waals surface area contributed by atoms with Crippen LogP contribution in [0.5, 0.6) is 11.5 Å². The normalized spacial score (nSPS) is 14.5. The van der Waals surface area contributed by atoms with Crippen LogP contribution in [0.15, 0.2) is 89.1 Å². The zero-order chi connectivity index (χ0) is 28.8. The maximum Gasteiger partial charge on any atom is 0.253 e. The van der Waals surface area contributed by atoms with E-state index in [2.05, 4.69) is 15.5 Å². The molecule has 210 valence electrons. The molecule has 0 bridgehead atoms. The lowest BCUT2D eigenvalue weighted by Gasteiger charge is -2.22. The molecule has 0 saturated heterocycles. The van der Waals surface area contributed by atoms with Crippen LogP contribution < -0.4 is 14.8 Å². The van der Waals surface area contributed by atoms with Crippen molar-refractivity contribution in [1.82, 2.24) is 25.1 Å². The van der Waals surface area contributed by atoms with E-state index in [1.807, 2.05) is 73.8 Å². The highest BCUT2D eigenvalue weighted by molar-refractivity contribution is 7.99. The van der Waals surface area contributed by atoms with Crippen LogP contribution in [0.2, 0.25) is 0 Å². The Kier molecular flexibility index (Phi) is 8.64. The van der Waals surface area contributed by atoms with E-state index in [0.29, 0.717) is 23.0 Å². The number of hydrogen-bond donors (Lipinski definition) is 1. The lowest BCUT2D eigenvalue weighted by Crippen LogP contribution is -2.28. The highest BCUT2D eigenvalue weighted by Gasteiger charge is 2.33. The summed E-state index contributed by atoms with van der Waals surface area (Å²) in [7, 11) is 5.06. The molecule has 2 amide bonds. The van der Waals surface area contributed by atoms with Crippen molar-refractivity contribution in [3.05, 3.63) is 101 Å². The number of aromatic nitrogens is 3. The Hall–Kier alpha value is -4.64. The smallest absolute Gasteiger partial charge is 0.253 e. The van der Waals surface area contributed by atoms with Crippen LogP contribution in [0.3, 0.4) is 0 Å². The molecule has 1 aromatic heterocycles. The van der Waals surface area contributed by atoms with Crippen LogP contribution in [0.25, 0.3) is 0 Å². The number of nitrogens with one attached hydrogen (secondary N) is 1. The number of rotatable bonds is 10. The van der Waals surface area contributed by atoms with Crippen molar-refractivity contribution in [1.29, 1.82) is 0 Å². The van der Waals surface area contributed by atoms with Gasteiger partial charge in [0.05, 0.1) is 38.3 Å². The molecule has 5 rings (SSSR count). The van der Waals surface area contributed by atoms with E-state index < -0.39 is 0 Å². The van der Waals surface area contributed by atoms with Gasteiger partial charge >= 0.3 is 0 Å². The van der Waals surface area contributed by atoms with Crippen molar-refractivity contribution in [2.75, 3.05) is 20.0 Å². The molecule has 0 spiro atoms. The van der Waals surface area contributed by atoms with Crippen LogP contribution in [-0.4, -0.2) is 57.3 Å². The van der Waals surface area contributed by atoms with E-state index in [1.54, 1.807) is 35.9 Å². The lowest BCUT2D eigenvalue weighted by atomic mass is 9.98. The quantitative estimate of drug-likeness (QED) is 0.284. The Labute approximate surface area is 242 Å². The minimum absolute atomic E-state index is 0.119. The van der Waals surface area contributed by atoms with Gasteiger partial charge in [0.15, 0.2) is 11.0 Å². The summed E-state index contributed by atoms with van der Waals surface area (Å²) >= 11 is 1.28. The van der Waals surface area contributed by atoms with Gasteiger partial charge in [-0.2, -0.15) is 5.10 Å². The Morgan fingerprint density at radius 3 is 2.24 bits per heavy atom. The third-order valence-corrected chi connectivity index (χ3v) is 7.79. The molecular weight excluding hydrogens is 540 g/mol. The number of carbonyl (C=O) groups excluding carboxylic acids is 2. The fourth-order valence-electron chi connectivity index (χ4n) is 4.45. The first-order chi connectivity index (χ1) is 20.0. The summed E-state index contributed by atoms with van der Waals surface area (Å²) in [4.78, 5) is 25.9. The van der Waals surface area contributed by atoms with Gasteiger partial charge in [0.2, 0.25) is 0 Å². The summed E-state index contributed by atoms with van der Waals surface area (Å²) in [5.74, 6) is 1.86. The summed E-state index contributed by atoms with van der Waals surface area (Å²) in [6, 6.07) is 24.1. The molecule has 41 heavy (non-hydrogen) atoms. The average Bonchev–Trinajstić information content (AvgIpc) is 3.63. The van der Waals surface area contributed by atoms with E-state index in [9.17, 15) is 9.59 Å². The predicted octanol–water partition coefficient (Wildman–Crippen LogP) is 4.23. The maximum absolute atomic E-state index is 13.5. The average molecular weight is 571 g/mol. The molecule has 0 aliphatic carbocycles. The molecule has 4 aromatic rings. The standard InChI is InChI=1S/C30H30N6O4S/c1-35-27(18-31-29(38)22-7-5-4-6-8-22)32-33-30(35)41-19-28(37)36-26(21-11-15-24(40-3)16-12-21)17-25(34-36)20-9-13-23(39-2)14-10-20/h4-16,26H,17-19H2,1-3H3,(H,31,38)/t26-/m1/s1. The lowest BCUT2D eigenvalue weighted by molar-refractivity contribution is -0.130. The molecule has 1 aliphatic rings. The van der Waals surface area contributed by atoms with Crippen LogP contribution in [-0.2, 0) is 18.4 Å². The van der Waals surface area contributed by atoms with Crippen LogP contribution in [0.1, 0.15) is 39.8 Å². The number of methoxy groups -OCH3 is 2. The molecule has 0 saturated carbocycles. The molecule has 1 N–H and O–H groups in total. The van der Waals surface area contributed by atoms with Gasteiger partial charge in [0.1, 0.15) is 11.5 Å². The van der Waals surface area contributed by atoms with E-state index >= 15 is 0 Å². The van der Waals surface area contributed by atoms with E-state index in [-0.39, 0.29) is 30.2 Å². The number of hydrogen-bond acceptors (Lipinski definition) is 8. The van der Waals surface area contributed by atoms with Crippen molar-refractivity contribution in [3.63, 3.8) is 0 Å². The van der Waals surface area contributed by atoms with Crippen molar-refractivity contribution in [2.24, 2.45) is 12.1 Å². The van der Waals surface area contributed by atoms with Gasteiger partial charge in [0.25, 0.3) is 11.8 Å². The minimum atomic E-state index is -0.255. The summed E-state index contributed by atoms with van der Waals surface area (Å²) in [5.41, 5.74) is 3.29. The SMILES string of the molecule is COc1ccc(C2=NN(C(=O)CSc3nnc(CNC(=O)c4ccccc4)n3C)[C@@H](c3ccc(OC)cc3)C2)cc1. The first-order valence-electron chi connectivity index (χ1n) is 13.0. The number of benzene rings is 3. The van der Waals surface area contributed by atoms with Gasteiger partial charge in [-0.3, -0.25) is 9.59 Å². The highest BCUT2D eigenvalue weighted by atomic mass is 32.2. The summed E-state index contributed by atoms with van der Waals surface area (Å²) in [6.07, 6.45) is 0.574. The number of nitrogens with zero attached hydrogens (tertiary/aromatic N) is 5. The molecular formula is C30H30N6O4S. The third-order valence-electron chi connectivity index (χ3n) is 6.78. The molecule has 2 heterocycles. The van der Waals surface area contributed by atoms with Crippen LogP contribution >= 0.6 is 11.8 Å². The van der Waals surface area contributed by atoms with Gasteiger partial charge in [-0.15, -0.1) is 10.2 Å². The second-order valence-electron chi connectivity index (χ2n) is 9.30. The number of carbonyl (C=O) groups is 2. The molecule has 10 nitrogen and oxygen atoms in total. The third kappa shape index (κ3) is 6.41. The Balaban J connectivity index is 1.28. The van der Waals surface area contributed by atoms with Crippen LogP contribution in [0, 0.1) is 0 Å². The van der Waals surface area contributed by atoms with Crippen molar-refractivity contribution in [3.8, 4) is 11.5 Å². The number of thioether (sulfide) groups is 1. The summed E-state index contributed by atoms with van der Waals surface area (Å²) in [5, 5.41) is 18.2. The molecule has 3 aromatic carbocycles. The van der Waals surface area contributed by atoms with Gasteiger partial charge in [0, 0.05) is 19.0 Å². The number of amides is 2. The Morgan fingerprint density at radius 2 is 1.59 bits per heavy atom. The molecule has 0 unspecified atom stereocenters. The largest absolute Gasteiger partial charge is 0.497 e. The highest BCUT2D eigenvalue weighted by Crippen LogP contribution is 2.34. The van der Waals surface area contributed by atoms with E-state index in [1.165, 1.54) is 11.8 Å². The van der Waals surface area contributed by atoms with Gasteiger partial charge in [-0.1, -0.05) is 42.1 Å². The monoisotopic (exact) mass is 570 g/mol. The zero-order valence-electron chi connectivity index (χ0n) is 23.0. The van der Waals surface area contributed by atoms with E-state index in [4.69, 9.17) is 14.6 Å². The number of ether oxygens (including phenoxy) is 2. The van der Waals surface area contributed by atoms with Crippen molar-refractivity contribution >= 4 is 29.3 Å². The molecule has 0 radical (unpaired) electrons. The summed E-state index contributed by atoms with van der Waals surface area (Å²) < 4.78 is 12.4. The van der Waals surface area contributed by atoms with Gasteiger partial charge < -0.3 is 19.4 Å². The summed E-state index contributed by atoms with van der Waals surface area (Å²) in [6.45, 7) is 0.215. The molecule has 1 atom stereocenters. The zero-order valence-corrected chi connectivity index (χ0v) is 23.8. The van der Waals surface area contributed by atoms with Gasteiger partial charge in [-0.25, -0.2) is 5.01 Å². The molecule has 1 aliphatic heterocycles. The van der Waals surface area contributed by atoms with Crippen LogP contribution in [0.4, 0.5) is 0 Å². The fraction of sp³-hybridized carbons (Fsp3) is 0.233. The first kappa shape index (κ1) is 27.9. The second kappa shape index (κ2) is 12.7. The molecule has 11 heteroatoms. The topological polar surface area (TPSA) is 111 Å². The fourth-order valence-corrected chi connectivity index (χ4v) is 5.23. The number of hydrazone groups is 1. The Bertz CT molecular complexity index is 1540. The second-order valence-corrected chi connectivity index (χ2v) is 10.2. The first-order valence-corrected chi connectivity index (χ1v) is 14.0. The predicted molar refractivity (Wildman–Crippen MR) is 156 cm³/mol.